The van der Waals surface area contributed by atoms with Crippen LogP contribution in [0.1, 0.15) is 68.9 Å². The summed E-state index contributed by atoms with van der Waals surface area (Å²) in [6, 6.07) is 7.51. The Balaban J connectivity index is 1.29. The number of alkyl carbamates (subject to hydrolysis) is 1. The highest BCUT2D eigenvalue weighted by Gasteiger charge is 2.56. The van der Waals surface area contributed by atoms with E-state index in [0.717, 1.165) is 12.0 Å². The summed E-state index contributed by atoms with van der Waals surface area (Å²) in [5.41, 5.74) is 0.761. The molecule has 11 heteroatoms. The Morgan fingerprint density at radius 3 is 2.45 bits per heavy atom. The minimum Gasteiger partial charge on any atom is -0.444 e. The number of nitrogens with one attached hydrogen (secondary N) is 2. The van der Waals surface area contributed by atoms with Crippen LogP contribution in [0.15, 0.2) is 24.3 Å². The Labute approximate surface area is 234 Å². The predicted molar refractivity (Wildman–Crippen MR) is 145 cm³/mol. The lowest BCUT2D eigenvalue weighted by molar-refractivity contribution is -0.141. The average molecular weight is 551 g/mol. The van der Waals surface area contributed by atoms with E-state index in [-0.39, 0.29) is 42.4 Å². The summed E-state index contributed by atoms with van der Waals surface area (Å²) in [5, 5.41) is 15.0. The molecule has 2 bridgehead atoms. The second kappa shape index (κ2) is 10.4. The van der Waals surface area contributed by atoms with Crippen LogP contribution in [0.3, 0.4) is 0 Å². The first-order valence-corrected chi connectivity index (χ1v) is 14.0. The number of rotatable bonds is 7. The van der Waals surface area contributed by atoms with E-state index in [0.29, 0.717) is 30.9 Å². The Kier molecular flexibility index (Phi) is 7.25. The minimum absolute atomic E-state index is 0.0130. The lowest BCUT2D eigenvalue weighted by Gasteiger charge is -2.39. The maximum Gasteiger partial charge on any atom is 0.408 e. The van der Waals surface area contributed by atoms with E-state index in [1.54, 1.807) is 44.9 Å². The molecule has 0 aromatic heterocycles. The molecule has 11 nitrogen and oxygen atoms in total. The molecule has 3 heterocycles. The molecule has 2 N–H and O–H groups in total. The molecule has 4 amide bonds. The molecule has 0 spiro atoms. The predicted octanol–water partition coefficient (Wildman–Crippen LogP) is 1.80. The minimum atomic E-state index is -0.930. The zero-order valence-corrected chi connectivity index (χ0v) is 23.7. The molecule has 1 aromatic rings. The zero-order valence-electron chi connectivity index (χ0n) is 23.7. The lowest BCUT2D eigenvalue weighted by Crippen LogP contribution is -2.59. The van der Waals surface area contributed by atoms with Gasteiger partial charge in [0.1, 0.15) is 17.7 Å². The Morgan fingerprint density at radius 2 is 1.85 bits per heavy atom. The second-order valence-corrected chi connectivity index (χ2v) is 12.4. The molecule has 4 aliphatic rings. The van der Waals surface area contributed by atoms with Gasteiger partial charge in [-0.05, 0) is 70.6 Å². The number of hydrogen-bond acceptors (Lipinski definition) is 7. The fraction of sp³-hybridized carbons (Fsp3) is 0.621. The fourth-order valence-electron chi connectivity index (χ4n) is 6.56. The highest BCUT2D eigenvalue weighted by Crippen LogP contribution is 2.48. The van der Waals surface area contributed by atoms with Gasteiger partial charge in [0.15, 0.2) is 0 Å². The highest BCUT2D eigenvalue weighted by atomic mass is 16.6. The third kappa shape index (κ3) is 5.24. The first-order chi connectivity index (χ1) is 18.9. The monoisotopic (exact) mass is 550 g/mol. The lowest BCUT2D eigenvalue weighted by atomic mass is 10.0. The summed E-state index contributed by atoms with van der Waals surface area (Å²) in [7, 11) is 1.58. The number of carbonyl (C=O) groups is 4. The summed E-state index contributed by atoms with van der Waals surface area (Å²) in [6.45, 7) is 7.99. The largest absolute Gasteiger partial charge is 0.444 e. The third-order valence-corrected chi connectivity index (χ3v) is 8.53. The number of hydrogen-bond donors (Lipinski definition) is 2. The van der Waals surface area contributed by atoms with Crippen molar-refractivity contribution in [2.75, 3.05) is 20.1 Å². The van der Waals surface area contributed by atoms with E-state index >= 15 is 0 Å². The van der Waals surface area contributed by atoms with Crippen LogP contribution in [0.4, 0.5) is 4.79 Å². The van der Waals surface area contributed by atoms with Crippen LogP contribution in [-0.4, -0.2) is 94.5 Å². The van der Waals surface area contributed by atoms with Crippen LogP contribution in [0.25, 0.3) is 0 Å². The smallest absolute Gasteiger partial charge is 0.408 e. The number of fused-ring (bicyclic) bond motifs is 3. The highest BCUT2D eigenvalue weighted by molar-refractivity contribution is 5.94. The topological polar surface area (TPSA) is 135 Å². The Morgan fingerprint density at radius 1 is 1.15 bits per heavy atom. The summed E-state index contributed by atoms with van der Waals surface area (Å²) in [4.78, 5) is 57.4. The first kappa shape index (κ1) is 27.9. The van der Waals surface area contributed by atoms with E-state index in [4.69, 9.17) is 4.74 Å². The number of likely N-dealkylation sites (tertiary alicyclic amines) is 3. The van der Waals surface area contributed by atoms with Gasteiger partial charge in [0, 0.05) is 37.8 Å². The SMILES string of the molecule is CNC(=O)c1ccc([C@H](C)N2C(=O)[C@H]3C[C@@H]2CN3C[C@H](NC(=O)OC(C)(C)C)C(=O)N2[C@H](C#N)C[C@@H]3C[C@@H]32)cc1. The van der Waals surface area contributed by atoms with E-state index in [2.05, 4.69) is 16.7 Å². The Bertz CT molecular complexity index is 1240. The van der Waals surface area contributed by atoms with E-state index < -0.39 is 29.8 Å². The van der Waals surface area contributed by atoms with Crippen molar-refractivity contribution in [3.8, 4) is 6.07 Å². The molecule has 1 aliphatic carbocycles. The number of benzene rings is 1. The van der Waals surface area contributed by atoms with Gasteiger partial charge in [-0.2, -0.15) is 5.26 Å². The van der Waals surface area contributed by atoms with Crippen molar-refractivity contribution in [1.29, 1.82) is 5.26 Å². The van der Waals surface area contributed by atoms with Gasteiger partial charge in [0.25, 0.3) is 5.91 Å². The summed E-state index contributed by atoms with van der Waals surface area (Å²) < 4.78 is 5.44. The molecule has 3 aliphatic heterocycles. The standard InChI is InChI=1S/C29H38N6O5/c1-16(17-6-8-18(9-7-17)25(36)31-5)34-21-12-24(27(34)38)33(14-21)15-22(32-28(39)40-29(2,3)4)26(37)35-20(13-30)10-19-11-23(19)35/h6-9,16,19-24H,10-12,14-15H2,1-5H3,(H,31,36)(H,32,39)/t16-,19+,20-,21+,22-,23-,24+/m0/s1. The number of nitriles is 1. The van der Waals surface area contributed by atoms with Crippen molar-refractivity contribution < 1.29 is 23.9 Å². The number of amides is 4. The van der Waals surface area contributed by atoms with Gasteiger partial charge in [0.05, 0.1) is 18.2 Å². The van der Waals surface area contributed by atoms with E-state index in [9.17, 15) is 24.4 Å². The molecule has 1 aromatic carbocycles. The van der Waals surface area contributed by atoms with Crippen LogP contribution in [0, 0.1) is 17.2 Å². The molecular formula is C29H38N6O5. The molecule has 7 atom stereocenters. The van der Waals surface area contributed by atoms with Crippen molar-refractivity contribution in [3.63, 3.8) is 0 Å². The molecule has 0 unspecified atom stereocenters. The average Bonchev–Trinajstić information content (AvgIpc) is 3.23. The van der Waals surface area contributed by atoms with Gasteiger partial charge < -0.3 is 25.2 Å². The number of piperazine rings is 1. The second-order valence-electron chi connectivity index (χ2n) is 12.4. The molecule has 3 saturated heterocycles. The molecule has 40 heavy (non-hydrogen) atoms. The van der Waals surface area contributed by atoms with Crippen LogP contribution in [0.2, 0.25) is 0 Å². The van der Waals surface area contributed by atoms with Crippen LogP contribution in [0.5, 0.6) is 0 Å². The van der Waals surface area contributed by atoms with Crippen molar-refractivity contribution in [2.45, 2.75) is 88.8 Å². The van der Waals surface area contributed by atoms with Crippen molar-refractivity contribution in [3.05, 3.63) is 35.4 Å². The molecule has 4 fully saturated rings. The van der Waals surface area contributed by atoms with E-state index in [1.807, 2.05) is 28.9 Å². The molecular weight excluding hydrogens is 512 g/mol. The van der Waals surface area contributed by atoms with Crippen LogP contribution < -0.4 is 10.6 Å². The van der Waals surface area contributed by atoms with Crippen molar-refractivity contribution in [2.24, 2.45) is 5.92 Å². The summed E-state index contributed by atoms with van der Waals surface area (Å²) >= 11 is 0. The Hall–Kier alpha value is -3.65. The van der Waals surface area contributed by atoms with Gasteiger partial charge in [-0.3, -0.25) is 19.3 Å². The molecule has 0 radical (unpaired) electrons. The van der Waals surface area contributed by atoms with Crippen LogP contribution in [-0.2, 0) is 14.3 Å². The van der Waals surface area contributed by atoms with Gasteiger partial charge in [-0.15, -0.1) is 0 Å². The van der Waals surface area contributed by atoms with Crippen molar-refractivity contribution >= 4 is 23.8 Å². The van der Waals surface area contributed by atoms with Crippen molar-refractivity contribution in [1.82, 2.24) is 25.3 Å². The summed E-state index contributed by atoms with van der Waals surface area (Å²) in [6.07, 6.45) is 1.49. The van der Waals surface area contributed by atoms with Gasteiger partial charge in [0.2, 0.25) is 11.8 Å². The van der Waals surface area contributed by atoms with Gasteiger partial charge in [-0.25, -0.2) is 4.79 Å². The molecule has 1 saturated carbocycles. The maximum absolute atomic E-state index is 13.7. The number of carbonyl (C=O) groups excluding carboxylic acids is 4. The van der Waals surface area contributed by atoms with E-state index in [1.165, 1.54) is 0 Å². The third-order valence-electron chi connectivity index (χ3n) is 8.53. The van der Waals surface area contributed by atoms with Crippen LogP contribution >= 0.6 is 0 Å². The fourth-order valence-corrected chi connectivity index (χ4v) is 6.56. The normalized spacial score (nSPS) is 28.5. The molecule has 5 rings (SSSR count). The maximum atomic E-state index is 13.7. The molecule has 214 valence electrons. The van der Waals surface area contributed by atoms with Gasteiger partial charge >= 0.3 is 6.09 Å². The number of piperidine rings is 1. The van der Waals surface area contributed by atoms with Gasteiger partial charge in [-0.1, -0.05) is 12.1 Å². The number of nitrogens with zero attached hydrogens (tertiary/aromatic N) is 4. The summed E-state index contributed by atoms with van der Waals surface area (Å²) in [5.74, 6) is -0.122. The quantitative estimate of drug-likeness (QED) is 0.529. The zero-order chi connectivity index (χ0) is 28.9. The first-order valence-electron chi connectivity index (χ1n) is 14.0. The number of ether oxygens (including phenoxy) is 1.